The van der Waals surface area contributed by atoms with Gasteiger partial charge in [-0.05, 0) is 38.1 Å². The minimum atomic E-state index is -2.99. The second-order valence-corrected chi connectivity index (χ2v) is 6.64. The van der Waals surface area contributed by atoms with Crippen molar-refractivity contribution in [2.75, 3.05) is 6.61 Å². The number of pyridine rings is 2. The van der Waals surface area contributed by atoms with Crippen molar-refractivity contribution >= 4 is 11.0 Å². The number of benzene rings is 1. The lowest BCUT2D eigenvalue weighted by Crippen LogP contribution is -2.23. The first-order valence-electron chi connectivity index (χ1n) is 9.51. The van der Waals surface area contributed by atoms with Gasteiger partial charge < -0.3 is 9.47 Å². The molecule has 7 nitrogen and oxygen atoms in total. The van der Waals surface area contributed by atoms with Crippen LogP contribution in [0.2, 0.25) is 0 Å². The molecule has 0 spiro atoms. The van der Waals surface area contributed by atoms with Crippen LogP contribution < -0.4 is 15.0 Å². The zero-order valence-electron chi connectivity index (χ0n) is 16.8. The molecule has 0 saturated carbocycles. The van der Waals surface area contributed by atoms with Crippen LogP contribution in [0.15, 0.2) is 59.5 Å². The number of hydrogen-bond donors (Lipinski definition) is 0. The standard InChI is InChI=1S/C22H18F2N4O3/c1-3-30-18-11-9-16-20(26-18)19(14-6-10-17(25-12-14)31-22(23)24)21(29)28(27-16)15-7-4-13(2)5-8-15/h4-12,22H,3H2,1-2H3. The Morgan fingerprint density at radius 1 is 1.03 bits per heavy atom. The van der Waals surface area contributed by atoms with Crippen LogP contribution in [-0.4, -0.2) is 33.0 Å². The van der Waals surface area contributed by atoms with Crippen LogP contribution in [0.5, 0.6) is 11.8 Å². The van der Waals surface area contributed by atoms with Gasteiger partial charge in [-0.25, -0.2) is 9.97 Å². The van der Waals surface area contributed by atoms with E-state index in [2.05, 4.69) is 19.8 Å². The number of aromatic nitrogens is 4. The molecule has 0 unspecified atom stereocenters. The Hall–Kier alpha value is -3.88. The van der Waals surface area contributed by atoms with Gasteiger partial charge in [-0.1, -0.05) is 17.7 Å². The molecule has 3 aromatic heterocycles. The Bertz CT molecular complexity index is 1270. The molecular weight excluding hydrogens is 406 g/mol. The summed E-state index contributed by atoms with van der Waals surface area (Å²) in [5.41, 5.74) is 2.60. The fourth-order valence-electron chi connectivity index (χ4n) is 3.10. The molecule has 0 N–H and O–H groups in total. The van der Waals surface area contributed by atoms with E-state index in [4.69, 9.17) is 4.74 Å². The Morgan fingerprint density at radius 3 is 2.42 bits per heavy atom. The van der Waals surface area contributed by atoms with Crippen molar-refractivity contribution in [2.45, 2.75) is 20.5 Å². The van der Waals surface area contributed by atoms with Crippen molar-refractivity contribution in [3.63, 3.8) is 0 Å². The quantitative estimate of drug-likeness (QED) is 0.463. The zero-order valence-corrected chi connectivity index (χ0v) is 16.8. The highest BCUT2D eigenvalue weighted by Crippen LogP contribution is 2.26. The Labute approximate surface area is 175 Å². The van der Waals surface area contributed by atoms with Crippen LogP contribution in [-0.2, 0) is 0 Å². The van der Waals surface area contributed by atoms with Crippen LogP contribution in [0.3, 0.4) is 0 Å². The van der Waals surface area contributed by atoms with Gasteiger partial charge in [-0.15, -0.1) is 0 Å². The maximum Gasteiger partial charge on any atom is 0.388 e. The van der Waals surface area contributed by atoms with Crippen LogP contribution in [0.4, 0.5) is 8.78 Å². The smallest absolute Gasteiger partial charge is 0.388 e. The van der Waals surface area contributed by atoms with Crippen LogP contribution >= 0.6 is 0 Å². The second-order valence-electron chi connectivity index (χ2n) is 6.64. The van der Waals surface area contributed by atoms with Gasteiger partial charge in [0.15, 0.2) is 0 Å². The number of rotatable bonds is 6. The lowest BCUT2D eigenvalue weighted by Gasteiger charge is -2.12. The highest BCUT2D eigenvalue weighted by Gasteiger charge is 2.18. The van der Waals surface area contributed by atoms with Crippen molar-refractivity contribution in [2.24, 2.45) is 0 Å². The molecule has 0 atom stereocenters. The Kier molecular flexibility index (Phi) is 5.57. The summed E-state index contributed by atoms with van der Waals surface area (Å²) in [7, 11) is 0. The van der Waals surface area contributed by atoms with E-state index in [0.717, 1.165) is 5.56 Å². The molecule has 4 rings (SSSR count). The molecule has 0 fully saturated rings. The molecule has 1 aromatic carbocycles. The van der Waals surface area contributed by atoms with Gasteiger partial charge in [0.1, 0.15) is 11.0 Å². The van der Waals surface area contributed by atoms with Crippen molar-refractivity contribution in [3.8, 4) is 28.6 Å². The van der Waals surface area contributed by atoms with Gasteiger partial charge in [0.25, 0.3) is 5.56 Å². The van der Waals surface area contributed by atoms with Crippen molar-refractivity contribution in [1.82, 2.24) is 19.7 Å². The van der Waals surface area contributed by atoms with Crippen LogP contribution in [0.25, 0.3) is 27.8 Å². The van der Waals surface area contributed by atoms with E-state index >= 15 is 0 Å². The molecule has 0 saturated heterocycles. The predicted octanol–water partition coefficient (Wildman–Crippen LogP) is 4.15. The summed E-state index contributed by atoms with van der Waals surface area (Å²) in [6.07, 6.45) is 1.29. The number of alkyl halides is 2. The highest BCUT2D eigenvalue weighted by molar-refractivity contribution is 5.90. The zero-order chi connectivity index (χ0) is 22.0. The maximum absolute atomic E-state index is 13.4. The SMILES string of the molecule is CCOc1ccc2nn(-c3ccc(C)cc3)c(=O)c(-c3ccc(OC(F)F)nc3)c2n1. The first-order chi connectivity index (χ1) is 15.0. The number of nitrogens with zero attached hydrogens (tertiary/aromatic N) is 4. The number of ether oxygens (including phenoxy) is 2. The van der Waals surface area contributed by atoms with E-state index in [1.165, 1.54) is 23.0 Å². The largest absolute Gasteiger partial charge is 0.478 e. The molecule has 0 radical (unpaired) electrons. The molecule has 158 valence electrons. The number of fused-ring (bicyclic) bond motifs is 1. The van der Waals surface area contributed by atoms with Crippen molar-refractivity contribution < 1.29 is 18.3 Å². The third-order valence-corrected chi connectivity index (χ3v) is 4.50. The molecule has 3 heterocycles. The monoisotopic (exact) mass is 424 g/mol. The summed E-state index contributed by atoms with van der Waals surface area (Å²) in [4.78, 5) is 21.8. The van der Waals surface area contributed by atoms with E-state index in [1.54, 1.807) is 24.3 Å². The van der Waals surface area contributed by atoms with Gasteiger partial charge in [0.05, 0.1) is 17.9 Å². The molecule has 4 aromatic rings. The van der Waals surface area contributed by atoms with Crippen molar-refractivity contribution in [1.29, 1.82) is 0 Å². The molecular formula is C22H18F2N4O3. The predicted molar refractivity (Wildman–Crippen MR) is 111 cm³/mol. The molecule has 0 aliphatic carbocycles. The normalized spacial score (nSPS) is 11.1. The summed E-state index contributed by atoms with van der Waals surface area (Å²) in [6, 6.07) is 13.5. The van der Waals surface area contributed by atoms with Crippen LogP contribution in [0, 0.1) is 6.92 Å². The van der Waals surface area contributed by atoms with E-state index in [-0.39, 0.29) is 11.4 Å². The van der Waals surface area contributed by atoms with E-state index in [1.807, 2.05) is 26.0 Å². The third kappa shape index (κ3) is 4.20. The molecule has 9 heteroatoms. The van der Waals surface area contributed by atoms with Crippen molar-refractivity contribution in [3.05, 3.63) is 70.6 Å². The number of hydrogen-bond acceptors (Lipinski definition) is 6. The summed E-state index contributed by atoms with van der Waals surface area (Å²) in [5, 5.41) is 4.46. The van der Waals surface area contributed by atoms with Gasteiger partial charge in [-0.2, -0.15) is 18.6 Å². The topological polar surface area (TPSA) is 79.1 Å². The average molecular weight is 424 g/mol. The minimum absolute atomic E-state index is 0.225. The van der Waals surface area contributed by atoms with Gasteiger partial charge >= 0.3 is 6.61 Å². The first-order valence-corrected chi connectivity index (χ1v) is 9.51. The van der Waals surface area contributed by atoms with Gasteiger partial charge in [0.2, 0.25) is 11.8 Å². The first kappa shape index (κ1) is 20.4. The van der Waals surface area contributed by atoms with E-state index in [9.17, 15) is 13.6 Å². The lowest BCUT2D eigenvalue weighted by molar-refractivity contribution is -0.0528. The highest BCUT2D eigenvalue weighted by atomic mass is 19.3. The van der Waals surface area contributed by atoms with Crippen LogP contribution in [0.1, 0.15) is 12.5 Å². The third-order valence-electron chi connectivity index (χ3n) is 4.50. The summed E-state index contributed by atoms with van der Waals surface area (Å²) < 4.78 is 36.0. The number of halogens is 2. The average Bonchev–Trinajstić information content (AvgIpc) is 2.75. The molecule has 0 amide bonds. The fourth-order valence-corrected chi connectivity index (χ4v) is 3.10. The fraction of sp³-hybridized carbons (Fsp3) is 0.182. The summed E-state index contributed by atoms with van der Waals surface area (Å²) in [6.45, 7) is 1.18. The lowest BCUT2D eigenvalue weighted by atomic mass is 10.1. The molecule has 0 bridgehead atoms. The Morgan fingerprint density at radius 2 is 1.77 bits per heavy atom. The maximum atomic E-state index is 13.4. The molecule has 0 aliphatic heterocycles. The van der Waals surface area contributed by atoms with E-state index < -0.39 is 12.2 Å². The molecule has 0 aliphatic rings. The molecule has 31 heavy (non-hydrogen) atoms. The summed E-state index contributed by atoms with van der Waals surface area (Å²) >= 11 is 0. The minimum Gasteiger partial charge on any atom is -0.478 e. The van der Waals surface area contributed by atoms with Gasteiger partial charge in [-0.3, -0.25) is 4.79 Å². The summed E-state index contributed by atoms with van der Waals surface area (Å²) in [5.74, 6) is 0.0927. The second kappa shape index (κ2) is 8.47. The number of aryl methyl sites for hydroxylation is 1. The Balaban J connectivity index is 1.95. The van der Waals surface area contributed by atoms with Gasteiger partial charge in [0, 0.05) is 23.9 Å². The van der Waals surface area contributed by atoms with E-state index in [0.29, 0.717) is 34.8 Å².